The summed E-state index contributed by atoms with van der Waals surface area (Å²) < 4.78 is 12.0. The first-order valence-corrected chi connectivity index (χ1v) is 9.79. The third-order valence-corrected chi connectivity index (χ3v) is 5.18. The van der Waals surface area contributed by atoms with Gasteiger partial charge in [0.05, 0.1) is 30.9 Å². The normalized spacial score (nSPS) is 11.2. The number of hydrogen-bond acceptors (Lipinski definition) is 6. The molecule has 0 aliphatic heterocycles. The summed E-state index contributed by atoms with van der Waals surface area (Å²) in [4.78, 5) is 27.6. The smallest absolute Gasteiger partial charge is 0.433 e. The molecular formula is C23H21N3O5. The number of nitrogens with zero attached hydrogens (tertiary/aromatic N) is 3. The Kier molecular flexibility index (Phi) is 5.29. The third kappa shape index (κ3) is 3.92. The molecule has 0 N–H and O–H groups in total. The van der Waals surface area contributed by atoms with Gasteiger partial charge in [-0.1, -0.05) is 38.1 Å². The van der Waals surface area contributed by atoms with E-state index in [1.165, 1.54) is 22.3 Å². The molecule has 4 aromatic rings. The zero-order valence-corrected chi connectivity index (χ0v) is 17.4. The number of ether oxygens (including phenoxy) is 1. The maximum absolute atomic E-state index is 12.9. The van der Waals surface area contributed by atoms with Crippen LogP contribution in [0.5, 0.6) is 5.75 Å². The monoisotopic (exact) mass is 419 g/mol. The summed E-state index contributed by atoms with van der Waals surface area (Å²) >= 11 is 0. The summed E-state index contributed by atoms with van der Waals surface area (Å²) in [5, 5.41) is 11.6. The fourth-order valence-corrected chi connectivity index (χ4v) is 3.49. The van der Waals surface area contributed by atoms with Gasteiger partial charge in [-0.05, 0) is 35.7 Å². The van der Waals surface area contributed by atoms with Crippen LogP contribution in [0, 0.1) is 10.1 Å². The first-order valence-electron chi connectivity index (χ1n) is 9.79. The predicted octanol–water partition coefficient (Wildman–Crippen LogP) is 4.75. The molecule has 8 nitrogen and oxygen atoms in total. The molecule has 0 spiro atoms. The molecule has 0 saturated carbocycles. The highest BCUT2D eigenvalue weighted by molar-refractivity contribution is 5.93. The van der Waals surface area contributed by atoms with E-state index < -0.39 is 10.6 Å². The second kappa shape index (κ2) is 8.06. The highest BCUT2D eigenvalue weighted by atomic mass is 16.6. The van der Waals surface area contributed by atoms with E-state index in [2.05, 4.69) is 18.8 Å². The molecule has 0 aliphatic rings. The zero-order valence-electron chi connectivity index (χ0n) is 17.4. The molecule has 2 aromatic heterocycles. The van der Waals surface area contributed by atoms with Crippen LogP contribution in [0.15, 0.2) is 63.8 Å². The van der Waals surface area contributed by atoms with Crippen molar-refractivity contribution in [2.24, 2.45) is 0 Å². The van der Waals surface area contributed by atoms with E-state index in [1.54, 1.807) is 19.2 Å². The summed E-state index contributed by atoms with van der Waals surface area (Å²) in [6, 6.07) is 16.1. The molecule has 2 aromatic carbocycles. The van der Waals surface area contributed by atoms with Gasteiger partial charge in [-0.3, -0.25) is 14.7 Å². The number of nitro groups is 1. The van der Waals surface area contributed by atoms with Crippen molar-refractivity contribution in [2.75, 3.05) is 7.11 Å². The van der Waals surface area contributed by atoms with Crippen molar-refractivity contribution in [1.82, 2.24) is 9.55 Å². The average Bonchev–Trinajstić information content (AvgIpc) is 3.24. The van der Waals surface area contributed by atoms with Gasteiger partial charge in [-0.2, -0.15) is 4.98 Å². The van der Waals surface area contributed by atoms with Crippen LogP contribution < -0.4 is 10.4 Å². The Morgan fingerprint density at radius 1 is 1.13 bits per heavy atom. The van der Waals surface area contributed by atoms with Gasteiger partial charge in [0, 0.05) is 10.9 Å². The molecule has 0 unspecified atom stereocenters. The second-order valence-electron chi connectivity index (χ2n) is 7.49. The van der Waals surface area contributed by atoms with Crippen molar-refractivity contribution >= 4 is 16.8 Å². The lowest BCUT2D eigenvalue weighted by Gasteiger charge is -2.14. The topological polar surface area (TPSA) is 100 Å². The molecule has 0 amide bonds. The van der Waals surface area contributed by atoms with Crippen molar-refractivity contribution in [1.29, 1.82) is 0 Å². The maximum Gasteiger partial charge on any atom is 0.433 e. The number of methoxy groups -OCH3 is 1. The minimum atomic E-state index is -0.614. The molecule has 0 fully saturated rings. The van der Waals surface area contributed by atoms with Crippen molar-refractivity contribution in [3.05, 3.63) is 86.5 Å². The molecular weight excluding hydrogens is 398 g/mol. The fraction of sp³-hybridized carbons (Fsp3) is 0.217. The van der Waals surface area contributed by atoms with Crippen LogP contribution in [0.4, 0.5) is 5.88 Å². The Labute approximate surface area is 177 Å². The van der Waals surface area contributed by atoms with Crippen molar-refractivity contribution in [3.63, 3.8) is 0 Å². The SMILES string of the molecule is COc1ccc2c(c1)c(-c1ccc(C(C)C)cc1)nc(=O)n2Cc1ccc([N+](=O)[O-])o1. The van der Waals surface area contributed by atoms with E-state index in [0.29, 0.717) is 28.6 Å². The van der Waals surface area contributed by atoms with Crippen LogP contribution in [-0.4, -0.2) is 21.6 Å². The van der Waals surface area contributed by atoms with Gasteiger partial charge < -0.3 is 9.15 Å². The summed E-state index contributed by atoms with van der Waals surface area (Å²) in [5.74, 6) is 0.947. The highest BCUT2D eigenvalue weighted by Crippen LogP contribution is 2.30. The number of rotatable bonds is 6. The van der Waals surface area contributed by atoms with Gasteiger partial charge in [-0.15, -0.1) is 0 Å². The van der Waals surface area contributed by atoms with Crippen LogP contribution in [0.3, 0.4) is 0 Å². The first-order chi connectivity index (χ1) is 14.9. The van der Waals surface area contributed by atoms with Gasteiger partial charge in [-0.25, -0.2) is 4.79 Å². The van der Waals surface area contributed by atoms with Crippen LogP contribution in [-0.2, 0) is 6.54 Å². The Bertz CT molecular complexity index is 1320. The molecule has 0 aliphatic carbocycles. The Morgan fingerprint density at radius 2 is 1.87 bits per heavy atom. The average molecular weight is 419 g/mol. The first kappa shape index (κ1) is 20.3. The van der Waals surface area contributed by atoms with Crippen molar-refractivity contribution in [3.8, 4) is 17.0 Å². The molecule has 31 heavy (non-hydrogen) atoms. The molecule has 2 heterocycles. The number of fused-ring (bicyclic) bond motifs is 1. The lowest BCUT2D eigenvalue weighted by Crippen LogP contribution is -2.24. The third-order valence-electron chi connectivity index (χ3n) is 5.18. The van der Waals surface area contributed by atoms with Gasteiger partial charge in [0.15, 0.2) is 0 Å². The number of aromatic nitrogens is 2. The summed E-state index contributed by atoms with van der Waals surface area (Å²) in [6.07, 6.45) is 0. The quantitative estimate of drug-likeness (QED) is 0.330. The van der Waals surface area contributed by atoms with E-state index in [4.69, 9.17) is 9.15 Å². The predicted molar refractivity (Wildman–Crippen MR) is 117 cm³/mol. The van der Waals surface area contributed by atoms with Crippen LogP contribution in [0.25, 0.3) is 22.2 Å². The van der Waals surface area contributed by atoms with Crippen LogP contribution in [0.1, 0.15) is 31.1 Å². The number of hydrogen-bond donors (Lipinski definition) is 0. The van der Waals surface area contributed by atoms with Gasteiger partial charge >= 0.3 is 11.6 Å². The molecule has 0 saturated heterocycles. The van der Waals surface area contributed by atoms with Gasteiger partial charge in [0.2, 0.25) is 0 Å². The standard InChI is InChI=1S/C23H21N3O5/c1-14(2)15-4-6-16(7-5-15)22-19-12-17(30-3)8-10-20(19)25(23(27)24-22)13-18-9-11-21(31-18)26(28)29/h4-12,14H,13H2,1-3H3. The van der Waals surface area contributed by atoms with Gasteiger partial charge in [0.1, 0.15) is 16.4 Å². The van der Waals surface area contributed by atoms with E-state index in [1.807, 2.05) is 30.3 Å². The lowest BCUT2D eigenvalue weighted by atomic mass is 9.99. The zero-order chi connectivity index (χ0) is 22.1. The number of furan rings is 1. The Morgan fingerprint density at radius 3 is 2.48 bits per heavy atom. The number of benzene rings is 2. The van der Waals surface area contributed by atoms with E-state index in [9.17, 15) is 14.9 Å². The van der Waals surface area contributed by atoms with Crippen LogP contribution >= 0.6 is 0 Å². The van der Waals surface area contributed by atoms with Crippen molar-refractivity contribution in [2.45, 2.75) is 26.3 Å². The molecule has 0 radical (unpaired) electrons. The van der Waals surface area contributed by atoms with E-state index >= 15 is 0 Å². The highest BCUT2D eigenvalue weighted by Gasteiger charge is 2.17. The summed E-state index contributed by atoms with van der Waals surface area (Å²) in [7, 11) is 1.57. The minimum Gasteiger partial charge on any atom is -0.497 e. The fourth-order valence-electron chi connectivity index (χ4n) is 3.49. The molecule has 4 rings (SSSR count). The maximum atomic E-state index is 12.9. The van der Waals surface area contributed by atoms with E-state index in [0.717, 1.165) is 10.9 Å². The molecule has 8 heteroatoms. The summed E-state index contributed by atoms with van der Waals surface area (Å²) in [6.45, 7) is 4.26. The van der Waals surface area contributed by atoms with Crippen molar-refractivity contribution < 1.29 is 14.1 Å². The molecule has 0 bridgehead atoms. The molecule has 158 valence electrons. The van der Waals surface area contributed by atoms with Gasteiger partial charge in [0.25, 0.3) is 0 Å². The summed E-state index contributed by atoms with van der Waals surface area (Å²) in [5.41, 5.74) is 2.72. The second-order valence-corrected chi connectivity index (χ2v) is 7.49. The van der Waals surface area contributed by atoms with E-state index in [-0.39, 0.29) is 12.4 Å². The Hall–Kier alpha value is -3.94. The van der Waals surface area contributed by atoms with Crippen LogP contribution in [0.2, 0.25) is 0 Å². The molecule has 0 atom stereocenters. The minimum absolute atomic E-state index is 0.0229. The lowest BCUT2D eigenvalue weighted by molar-refractivity contribution is -0.402. The Balaban J connectivity index is 1.87. The largest absolute Gasteiger partial charge is 0.497 e.